The zero-order chi connectivity index (χ0) is 26.6. The third kappa shape index (κ3) is 5.05. The first kappa shape index (κ1) is 24.9. The molecule has 0 aliphatic carbocycles. The van der Waals surface area contributed by atoms with Crippen molar-refractivity contribution in [3.63, 3.8) is 0 Å². The highest BCUT2D eigenvalue weighted by Gasteiger charge is 2.22. The van der Waals surface area contributed by atoms with Crippen molar-refractivity contribution in [1.29, 1.82) is 0 Å². The summed E-state index contributed by atoms with van der Waals surface area (Å²) in [4.78, 5) is 28.6. The second kappa shape index (κ2) is 10.7. The van der Waals surface area contributed by atoms with E-state index in [2.05, 4.69) is 15.5 Å². The maximum Gasteiger partial charge on any atom is 0.343 e. The summed E-state index contributed by atoms with van der Waals surface area (Å²) in [5.74, 6) is -1.33. The van der Waals surface area contributed by atoms with Crippen molar-refractivity contribution in [1.82, 2.24) is 10.4 Å². The van der Waals surface area contributed by atoms with E-state index in [-0.39, 0.29) is 17.0 Å². The molecular formula is C30H21ClFN3O3. The molecule has 38 heavy (non-hydrogen) atoms. The van der Waals surface area contributed by atoms with Crippen molar-refractivity contribution in [2.75, 3.05) is 0 Å². The van der Waals surface area contributed by atoms with Gasteiger partial charge in [-0.1, -0.05) is 71.8 Å². The summed E-state index contributed by atoms with van der Waals surface area (Å²) in [6.45, 7) is 1.93. The number of rotatable bonds is 6. The van der Waals surface area contributed by atoms with Gasteiger partial charge in [0.25, 0.3) is 5.91 Å². The molecule has 8 heteroatoms. The fourth-order valence-corrected chi connectivity index (χ4v) is 4.27. The molecule has 5 rings (SSSR count). The topological polar surface area (TPSA) is 83.5 Å². The van der Waals surface area contributed by atoms with Crippen LogP contribution in [0.25, 0.3) is 22.0 Å². The number of ether oxygens (including phenoxy) is 1. The minimum absolute atomic E-state index is 0.106. The number of fused-ring (bicyclic) bond motifs is 1. The number of amides is 1. The predicted octanol–water partition coefficient (Wildman–Crippen LogP) is 6.92. The highest BCUT2D eigenvalue weighted by Crippen LogP contribution is 2.37. The quantitative estimate of drug-likeness (QED) is 0.109. The maximum absolute atomic E-state index is 14.6. The molecule has 5 aromatic rings. The molecule has 0 spiro atoms. The van der Waals surface area contributed by atoms with Gasteiger partial charge in [-0.3, -0.25) is 4.79 Å². The average molecular weight is 526 g/mol. The number of aromatic amines is 1. The van der Waals surface area contributed by atoms with Gasteiger partial charge < -0.3 is 9.72 Å². The van der Waals surface area contributed by atoms with Crippen LogP contribution in [0.4, 0.5) is 4.39 Å². The summed E-state index contributed by atoms with van der Waals surface area (Å²) in [7, 11) is 0. The number of hydrogen-bond acceptors (Lipinski definition) is 4. The number of carbonyl (C=O) groups is 2. The molecule has 1 aromatic heterocycles. The van der Waals surface area contributed by atoms with E-state index < -0.39 is 17.7 Å². The molecule has 0 atom stereocenters. The van der Waals surface area contributed by atoms with Crippen LogP contribution in [-0.2, 0) is 0 Å². The van der Waals surface area contributed by atoms with Crippen molar-refractivity contribution >= 4 is 40.6 Å². The van der Waals surface area contributed by atoms with E-state index in [9.17, 15) is 14.0 Å². The lowest BCUT2D eigenvalue weighted by atomic mass is 10.0. The average Bonchev–Trinajstić information content (AvgIpc) is 3.31. The van der Waals surface area contributed by atoms with Crippen molar-refractivity contribution in [2.45, 2.75) is 6.92 Å². The maximum atomic E-state index is 14.6. The van der Waals surface area contributed by atoms with E-state index >= 15 is 0 Å². The minimum Gasteiger partial charge on any atom is -0.422 e. The monoisotopic (exact) mass is 525 g/mol. The summed E-state index contributed by atoms with van der Waals surface area (Å²) < 4.78 is 20.1. The zero-order valence-corrected chi connectivity index (χ0v) is 20.9. The smallest absolute Gasteiger partial charge is 0.343 e. The molecule has 0 saturated heterocycles. The number of hydrazone groups is 1. The second-order valence-electron chi connectivity index (χ2n) is 8.51. The number of halogens is 2. The Morgan fingerprint density at radius 2 is 1.68 bits per heavy atom. The van der Waals surface area contributed by atoms with E-state index in [4.69, 9.17) is 16.3 Å². The Labute approximate surface area is 222 Å². The minimum atomic E-state index is -0.596. The van der Waals surface area contributed by atoms with E-state index in [1.807, 2.05) is 19.1 Å². The Morgan fingerprint density at radius 1 is 0.947 bits per heavy atom. The SMILES string of the molecule is Cc1ccc(C(=O)Oc2ccccc2C=NNC(=O)c2[nH]c3c(F)cccc3c2-c2ccccc2Cl)cc1. The number of benzene rings is 4. The number of carbonyl (C=O) groups excluding carboxylic acids is 2. The van der Waals surface area contributed by atoms with E-state index in [0.717, 1.165) is 5.56 Å². The second-order valence-corrected chi connectivity index (χ2v) is 8.92. The summed E-state index contributed by atoms with van der Waals surface area (Å²) in [5.41, 5.74) is 5.71. The fourth-order valence-electron chi connectivity index (χ4n) is 4.04. The number of aryl methyl sites for hydroxylation is 1. The molecule has 0 aliphatic heterocycles. The first-order valence-electron chi connectivity index (χ1n) is 11.7. The largest absolute Gasteiger partial charge is 0.422 e. The molecule has 0 bridgehead atoms. The Hall–Kier alpha value is -4.75. The van der Waals surface area contributed by atoms with Crippen molar-refractivity contribution < 1.29 is 18.7 Å². The molecule has 1 heterocycles. The molecule has 1 amide bonds. The van der Waals surface area contributed by atoms with E-state index in [1.54, 1.807) is 72.8 Å². The van der Waals surface area contributed by atoms with Crippen LogP contribution >= 0.6 is 11.6 Å². The van der Waals surface area contributed by atoms with Crippen LogP contribution in [0, 0.1) is 12.7 Å². The Balaban J connectivity index is 1.41. The number of para-hydroxylation sites is 2. The van der Waals surface area contributed by atoms with Crippen LogP contribution < -0.4 is 10.2 Å². The summed E-state index contributed by atoms with van der Waals surface area (Å²) in [6, 6.07) is 25.4. The number of nitrogens with zero attached hydrogens (tertiary/aromatic N) is 1. The van der Waals surface area contributed by atoms with Gasteiger partial charge in [-0.2, -0.15) is 5.10 Å². The molecule has 0 radical (unpaired) electrons. The Morgan fingerprint density at radius 3 is 2.47 bits per heavy atom. The normalized spacial score (nSPS) is 11.1. The van der Waals surface area contributed by atoms with Gasteiger partial charge in [0.1, 0.15) is 17.3 Å². The van der Waals surface area contributed by atoms with Crippen LogP contribution in [-0.4, -0.2) is 23.1 Å². The van der Waals surface area contributed by atoms with Gasteiger partial charge in [-0.25, -0.2) is 14.6 Å². The third-order valence-corrected chi connectivity index (χ3v) is 6.26. The molecule has 2 N–H and O–H groups in total. The van der Waals surface area contributed by atoms with Crippen molar-refractivity contribution in [3.8, 4) is 16.9 Å². The molecule has 4 aromatic carbocycles. The third-order valence-electron chi connectivity index (χ3n) is 5.93. The molecule has 0 fully saturated rings. The lowest BCUT2D eigenvalue weighted by Crippen LogP contribution is -2.19. The lowest BCUT2D eigenvalue weighted by molar-refractivity contribution is 0.0734. The molecule has 188 valence electrons. The standard InChI is InChI=1S/C30H21ClFN3O3/c1-18-13-15-19(16-14-18)30(37)38-25-12-5-2-7-20(25)17-33-35-29(36)28-26(21-8-3-4-10-23(21)31)22-9-6-11-24(32)27(22)34-28/h2-17,34H,1H3,(H,35,36). The highest BCUT2D eigenvalue weighted by molar-refractivity contribution is 6.34. The molecule has 0 unspecified atom stereocenters. The number of aromatic nitrogens is 1. The van der Waals surface area contributed by atoms with Gasteiger partial charge in [0, 0.05) is 27.1 Å². The van der Waals surface area contributed by atoms with Crippen LogP contribution in [0.5, 0.6) is 5.75 Å². The molecule has 0 aliphatic rings. The first-order chi connectivity index (χ1) is 18.4. The van der Waals surface area contributed by atoms with Crippen LogP contribution in [0.2, 0.25) is 5.02 Å². The van der Waals surface area contributed by atoms with E-state index in [1.165, 1.54) is 12.3 Å². The number of H-pyrrole nitrogens is 1. The number of nitrogens with one attached hydrogen (secondary N) is 2. The van der Waals surface area contributed by atoms with Crippen molar-refractivity contribution in [3.05, 3.63) is 124 Å². The van der Waals surface area contributed by atoms with Crippen LogP contribution in [0.1, 0.15) is 32.0 Å². The summed E-state index contributed by atoms with van der Waals surface area (Å²) in [5, 5.41) is 4.99. The first-order valence-corrected chi connectivity index (χ1v) is 12.1. The predicted molar refractivity (Wildman–Crippen MR) is 146 cm³/mol. The van der Waals surface area contributed by atoms with Gasteiger partial charge >= 0.3 is 5.97 Å². The van der Waals surface area contributed by atoms with Crippen molar-refractivity contribution in [2.24, 2.45) is 5.10 Å². The van der Waals surface area contributed by atoms with Gasteiger partial charge in [-0.15, -0.1) is 0 Å². The molecule has 6 nitrogen and oxygen atoms in total. The Bertz CT molecular complexity index is 1690. The lowest BCUT2D eigenvalue weighted by Gasteiger charge is -2.08. The number of esters is 1. The Kier molecular flexibility index (Phi) is 7.02. The summed E-state index contributed by atoms with van der Waals surface area (Å²) in [6.07, 6.45) is 1.37. The highest BCUT2D eigenvalue weighted by atomic mass is 35.5. The van der Waals surface area contributed by atoms with Gasteiger partial charge in [0.2, 0.25) is 0 Å². The molecule has 0 saturated carbocycles. The van der Waals surface area contributed by atoms with Gasteiger partial charge in [0.05, 0.1) is 17.3 Å². The summed E-state index contributed by atoms with van der Waals surface area (Å²) >= 11 is 6.42. The van der Waals surface area contributed by atoms with Crippen LogP contribution in [0.15, 0.2) is 96.1 Å². The zero-order valence-electron chi connectivity index (χ0n) is 20.2. The van der Waals surface area contributed by atoms with Crippen LogP contribution in [0.3, 0.4) is 0 Å². The van der Waals surface area contributed by atoms with E-state index in [0.29, 0.717) is 32.7 Å². The number of hydrogen-bond donors (Lipinski definition) is 2. The van der Waals surface area contributed by atoms with Gasteiger partial charge in [-0.05, 0) is 43.3 Å². The molecular weight excluding hydrogens is 505 g/mol. The fraction of sp³-hybridized carbons (Fsp3) is 0.0333. The van der Waals surface area contributed by atoms with Gasteiger partial charge in [0.15, 0.2) is 0 Å².